The van der Waals surface area contributed by atoms with Crippen LogP contribution in [0.1, 0.15) is 10.4 Å². The van der Waals surface area contributed by atoms with E-state index in [9.17, 15) is 30.0 Å². The van der Waals surface area contributed by atoms with Crippen molar-refractivity contribution >= 4 is 39.5 Å². The number of aliphatic hydroxyl groups excluding tert-OH is 4. The monoisotopic (exact) mass is 418 g/mol. The second kappa shape index (κ2) is 7.48. The molecule has 29 heavy (non-hydrogen) atoms. The zero-order valence-electron chi connectivity index (χ0n) is 14.9. The maximum Gasteiger partial charge on any atom is 0.279 e. The molecule has 0 radical (unpaired) electrons. The Morgan fingerprint density at radius 1 is 1.14 bits per heavy atom. The number of hydrogen-bond donors (Lipinski definition) is 5. The number of aliphatic imine (C=N–C) groups is 1. The molecular formula is C19H18N2O7S. The van der Waals surface area contributed by atoms with E-state index in [1.807, 2.05) is 24.3 Å². The van der Waals surface area contributed by atoms with E-state index in [0.717, 1.165) is 10.8 Å². The van der Waals surface area contributed by atoms with E-state index < -0.39 is 47.8 Å². The lowest BCUT2D eigenvalue weighted by atomic mass is 9.94. The smallest absolute Gasteiger partial charge is 0.279 e. The van der Waals surface area contributed by atoms with Crippen LogP contribution in [0, 0.1) is 0 Å². The van der Waals surface area contributed by atoms with Gasteiger partial charge in [0.15, 0.2) is 5.17 Å². The minimum absolute atomic E-state index is 0.118. The van der Waals surface area contributed by atoms with Crippen molar-refractivity contribution in [3.05, 3.63) is 48.0 Å². The van der Waals surface area contributed by atoms with E-state index in [-0.39, 0.29) is 5.17 Å². The van der Waals surface area contributed by atoms with Crippen molar-refractivity contribution in [2.75, 3.05) is 6.61 Å². The Bertz CT molecular complexity index is 1010. The molecule has 9 nitrogen and oxygen atoms in total. The summed E-state index contributed by atoms with van der Waals surface area (Å²) in [6.07, 6.45) is -6.39. The third-order valence-electron chi connectivity index (χ3n) is 4.93. The molecule has 0 aromatic heterocycles. The number of carbonyl (C=O) groups is 2. The lowest BCUT2D eigenvalue weighted by molar-refractivity contribution is -0.236. The van der Waals surface area contributed by atoms with Crippen molar-refractivity contribution in [3.63, 3.8) is 0 Å². The van der Waals surface area contributed by atoms with Gasteiger partial charge in [0.2, 0.25) is 4.93 Å². The number of ether oxygens (including phenoxy) is 1. The Labute approximate surface area is 169 Å². The van der Waals surface area contributed by atoms with Crippen molar-refractivity contribution in [1.82, 2.24) is 5.32 Å². The zero-order chi connectivity index (χ0) is 20.8. The molecule has 10 heteroatoms. The van der Waals surface area contributed by atoms with Crippen LogP contribution in [0.3, 0.4) is 0 Å². The number of rotatable bonds is 2. The lowest BCUT2D eigenvalue weighted by Gasteiger charge is -2.43. The molecule has 2 heterocycles. The van der Waals surface area contributed by atoms with Crippen molar-refractivity contribution in [1.29, 1.82) is 0 Å². The normalized spacial score (nSPS) is 33.4. The highest BCUT2D eigenvalue weighted by molar-refractivity contribution is 8.16. The first kappa shape index (κ1) is 20.0. The number of fused-ring (bicyclic) bond motifs is 1. The average Bonchev–Trinajstić information content (AvgIpc) is 3.04. The SMILES string of the molecule is O=C(N=C1NC(=O)[C@]2(O[C@H](CO)[C@@H](O)[C@H](O)[C@H]2O)S1)c1ccc2ccccc2c1. The minimum atomic E-state index is -2.03. The zero-order valence-corrected chi connectivity index (χ0v) is 15.7. The van der Waals surface area contributed by atoms with Crippen LogP contribution in [-0.4, -0.2) is 73.4 Å². The summed E-state index contributed by atoms with van der Waals surface area (Å²) in [6.45, 7) is -0.678. The molecule has 0 unspecified atom stereocenters. The number of aliphatic hydroxyl groups is 4. The average molecular weight is 418 g/mol. The minimum Gasteiger partial charge on any atom is -0.394 e. The second-order valence-corrected chi connectivity index (χ2v) is 7.97. The molecule has 152 valence electrons. The predicted molar refractivity (Wildman–Crippen MR) is 104 cm³/mol. The van der Waals surface area contributed by atoms with Crippen LogP contribution in [0.25, 0.3) is 10.8 Å². The Morgan fingerprint density at radius 3 is 2.59 bits per heavy atom. The number of benzene rings is 2. The number of amidine groups is 1. The third-order valence-corrected chi connectivity index (χ3v) is 6.15. The Morgan fingerprint density at radius 2 is 1.86 bits per heavy atom. The number of hydrogen-bond acceptors (Lipinski definition) is 8. The van der Waals surface area contributed by atoms with Crippen LogP contribution in [0.4, 0.5) is 0 Å². The van der Waals surface area contributed by atoms with Crippen LogP contribution in [0.2, 0.25) is 0 Å². The molecule has 2 amide bonds. The molecule has 0 bridgehead atoms. The van der Waals surface area contributed by atoms with E-state index >= 15 is 0 Å². The maximum atomic E-state index is 12.6. The van der Waals surface area contributed by atoms with Gasteiger partial charge in [-0.25, -0.2) is 0 Å². The van der Waals surface area contributed by atoms with E-state index in [1.165, 1.54) is 0 Å². The Hall–Kier alpha value is -2.34. The van der Waals surface area contributed by atoms with Crippen LogP contribution >= 0.6 is 11.8 Å². The molecule has 2 aromatic rings. The molecule has 0 saturated carbocycles. The van der Waals surface area contributed by atoms with E-state index in [1.54, 1.807) is 18.2 Å². The van der Waals surface area contributed by atoms with Crippen molar-refractivity contribution in [2.45, 2.75) is 29.3 Å². The van der Waals surface area contributed by atoms with Gasteiger partial charge in [0, 0.05) is 5.56 Å². The van der Waals surface area contributed by atoms with Gasteiger partial charge < -0.3 is 30.5 Å². The van der Waals surface area contributed by atoms with Gasteiger partial charge in [0.1, 0.15) is 24.4 Å². The van der Waals surface area contributed by atoms with Gasteiger partial charge in [0.05, 0.1) is 6.61 Å². The molecule has 2 saturated heterocycles. The van der Waals surface area contributed by atoms with Crippen LogP contribution < -0.4 is 5.32 Å². The Balaban J connectivity index is 1.61. The van der Waals surface area contributed by atoms with Crippen LogP contribution in [0.15, 0.2) is 47.5 Å². The van der Waals surface area contributed by atoms with E-state index in [0.29, 0.717) is 17.3 Å². The number of thioether (sulfide) groups is 1. The predicted octanol–water partition coefficient (Wildman–Crippen LogP) is -0.631. The van der Waals surface area contributed by atoms with Gasteiger partial charge in [0.25, 0.3) is 11.8 Å². The van der Waals surface area contributed by atoms with Gasteiger partial charge in [-0.15, -0.1) is 0 Å². The maximum absolute atomic E-state index is 12.6. The van der Waals surface area contributed by atoms with Crippen LogP contribution in [0.5, 0.6) is 0 Å². The van der Waals surface area contributed by atoms with Crippen LogP contribution in [-0.2, 0) is 9.53 Å². The highest BCUT2D eigenvalue weighted by Crippen LogP contribution is 2.43. The molecule has 1 spiro atoms. The van der Waals surface area contributed by atoms with Gasteiger partial charge >= 0.3 is 0 Å². The van der Waals surface area contributed by atoms with Crippen molar-refractivity contribution < 1.29 is 34.8 Å². The topological polar surface area (TPSA) is 149 Å². The van der Waals surface area contributed by atoms with Crippen molar-refractivity contribution in [2.24, 2.45) is 4.99 Å². The largest absolute Gasteiger partial charge is 0.394 e. The summed E-state index contributed by atoms with van der Waals surface area (Å²) in [6, 6.07) is 12.6. The van der Waals surface area contributed by atoms with Gasteiger partial charge in [-0.2, -0.15) is 4.99 Å². The summed E-state index contributed by atoms with van der Waals surface area (Å²) < 4.78 is 5.42. The molecule has 5 atom stereocenters. The second-order valence-electron chi connectivity index (χ2n) is 6.77. The van der Waals surface area contributed by atoms with Crippen molar-refractivity contribution in [3.8, 4) is 0 Å². The summed E-state index contributed by atoms with van der Waals surface area (Å²) in [5, 5.41) is 43.6. The first-order valence-electron chi connectivity index (χ1n) is 8.81. The highest BCUT2D eigenvalue weighted by Gasteiger charge is 2.62. The molecule has 0 aliphatic carbocycles. The van der Waals surface area contributed by atoms with E-state index in [4.69, 9.17) is 4.74 Å². The highest BCUT2D eigenvalue weighted by atomic mass is 32.2. The fourth-order valence-corrected chi connectivity index (χ4v) is 4.48. The number of carbonyl (C=O) groups excluding carboxylic acids is 2. The third kappa shape index (κ3) is 3.33. The molecule has 2 aromatic carbocycles. The molecule has 2 aliphatic heterocycles. The first-order chi connectivity index (χ1) is 13.9. The first-order valence-corrected chi connectivity index (χ1v) is 9.62. The van der Waals surface area contributed by atoms with Gasteiger partial charge in [-0.05, 0) is 34.7 Å². The molecule has 2 fully saturated rings. The molecule has 2 aliphatic rings. The molecular weight excluding hydrogens is 400 g/mol. The van der Waals surface area contributed by atoms with Gasteiger partial charge in [-0.1, -0.05) is 30.3 Å². The molecule has 5 N–H and O–H groups in total. The number of nitrogens with one attached hydrogen (secondary N) is 1. The standard InChI is InChI=1S/C19H18N2O7S/c22-8-12-13(23)14(24)15(25)19(28-12)17(27)21-18(29-19)20-16(26)11-6-5-9-3-1-2-4-10(9)7-11/h1-7,12-15,22-25H,8H2,(H,20,21,26,27)/t12-,13-,14+,15-,19-/m1/s1. The fourth-order valence-electron chi connectivity index (χ4n) is 3.34. The number of amides is 2. The fraction of sp³-hybridized carbons (Fsp3) is 0.316. The summed E-state index contributed by atoms with van der Waals surface area (Å²) >= 11 is 0.616. The summed E-state index contributed by atoms with van der Waals surface area (Å²) in [4.78, 5) is 26.9. The lowest BCUT2D eigenvalue weighted by Crippen LogP contribution is -2.66. The van der Waals surface area contributed by atoms with E-state index in [2.05, 4.69) is 10.3 Å². The van der Waals surface area contributed by atoms with Gasteiger partial charge in [-0.3, -0.25) is 9.59 Å². The molecule has 4 rings (SSSR count). The summed E-state index contributed by atoms with van der Waals surface area (Å²) in [7, 11) is 0. The Kier molecular flexibility index (Phi) is 5.15. The summed E-state index contributed by atoms with van der Waals surface area (Å²) in [5.41, 5.74) is 0.306. The summed E-state index contributed by atoms with van der Waals surface area (Å²) in [5.74, 6) is -1.45. The quantitative estimate of drug-likeness (QED) is 0.433. The number of nitrogens with zero attached hydrogens (tertiary/aromatic N) is 1.